The number of esters is 1. The highest BCUT2D eigenvalue weighted by Crippen LogP contribution is 2.18. The third-order valence-electron chi connectivity index (χ3n) is 1.67. The molecule has 0 aliphatic rings. The summed E-state index contributed by atoms with van der Waals surface area (Å²) in [5, 5.41) is 4.40. The Balaban J connectivity index is 3.13. The van der Waals surface area contributed by atoms with Crippen LogP contribution < -0.4 is 5.14 Å². The molecule has 2 N–H and O–H groups in total. The second kappa shape index (κ2) is 4.03. The average molecular weight is 233 g/mol. The molecule has 6 nitrogen and oxygen atoms in total. The first kappa shape index (κ1) is 11.7. The molecule has 0 aliphatic heterocycles. The molecule has 0 saturated heterocycles. The van der Waals surface area contributed by atoms with Gasteiger partial charge in [-0.25, -0.2) is 18.4 Å². The predicted octanol–water partition coefficient (Wildman–Crippen LogP) is 0.412. The number of rotatable bonds is 3. The van der Waals surface area contributed by atoms with Crippen LogP contribution in [-0.4, -0.2) is 21.0 Å². The first-order valence-electron chi connectivity index (χ1n) is 4.16. The molecule has 1 heterocycles. The molecule has 7 heteroatoms. The Labute approximate surface area is 87.1 Å². The van der Waals surface area contributed by atoms with Gasteiger partial charge in [-0.2, -0.15) is 0 Å². The fourth-order valence-electron chi connectivity index (χ4n) is 1.01. The van der Waals surface area contributed by atoms with E-state index in [4.69, 9.17) is 14.3 Å². The van der Waals surface area contributed by atoms with Gasteiger partial charge in [0.25, 0.3) is 10.0 Å². The van der Waals surface area contributed by atoms with Crippen molar-refractivity contribution >= 4 is 16.0 Å². The van der Waals surface area contributed by atoms with Crippen molar-refractivity contribution < 1.29 is 22.4 Å². The SMILES string of the molecule is CCOC(=O)c1cc(S(N)(=O)=O)oc1C. The van der Waals surface area contributed by atoms with Crippen LogP contribution in [0.5, 0.6) is 0 Å². The standard InChI is InChI=1S/C8H11NO5S/c1-3-13-8(10)6-4-7(14-5(6)2)15(9,11)12/h4H,3H2,1-2H3,(H2,9,11,12). The predicted molar refractivity (Wildman–Crippen MR) is 50.8 cm³/mol. The van der Waals surface area contributed by atoms with E-state index < -0.39 is 21.1 Å². The van der Waals surface area contributed by atoms with Crippen molar-refractivity contribution in [3.8, 4) is 0 Å². The maximum atomic E-state index is 11.3. The van der Waals surface area contributed by atoms with Gasteiger partial charge in [0.05, 0.1) is 6.61 Å². The second-order valence-corrected chi connectivity index (χ2v) is 4.29. The lowest BCUT2D eigenvalue weighted by Crippen LogP contribution is -2.11. The quantitative estimate of drug-likeness (QED) is 0.762. The molecule has 84 valence electrons. The van der Waals surface area contributed by atoms with Gasteiger partial charge in [0.1, 0.15) is 11.3 Å². The average Bonchev–Trinajstić information content (AvgIpc) is 2.47. The molecule has 0 saturated carbocycles. The van der Waals surface area contributed by atoms with E-state index in [9.17, 15) is 13.2 Å². The number of ether oxygens (including phenoxy) is 1. The van der Waals surface area contributed by atoms with Gasteiger partial charge < -0.3 is 9.15 Å². The van der Waals surface area contributed by atoms with E-state index in [1.807, 2.05) is 0 Å². The van der Waals surface area contributed by atoms with E-state index in [2.05, 4.69) is 0 Å². The fourth-order valence-corrected chi connectivity index (χ4v) is 1.53. The summed E-state index contributed by atoms with van der Waals surface area (Å²) in [5.41, 5.74) is 0.0703. The van der Waals surface area contributed by atoms with Gasteiger partial charge in [-0.3, -0.25) is 0 Å². The molecule has 0 fully saturated rings. The van der Waals surface area contributed by atoms with Gasteiger partial charge in [0.2, 0.25) is 5.09 Å². The first-order chi connectivity index (χ1) is 6.86. The van der Waals surface area contributed by atoms with Crippen LogP contribution in [0.2, 0.25) is 0 Å². The van der Waals surface area contributed by atoms with Crippen molar-refractivity contribution in [1.82, 2.24) is 0 Å². The van der Waals surface area contributed by atoms with Crippen LogP contribution in [0.25, 0.3) is 0 Å². The molecule has 0 amide bonds. The first-order valence-corrected chi connectivity index (χ1v) is 5.71. The van der Waals surface area contributed by atoms with E-state index in [1.54, 1.807) is 6.92 Å². The van der Waals surface area contributed by atoms with Gasteiger partial charge in [0, 0.05) is 6.07 Å². The molecule has 0 radical (unpaired) electrons. The summed E-state index contributed by atoms with van der Waals surface area (Å²) in [4.78, 5) is 11.3. The van der Waals surface area contributed by atoms with Crippen LogP contribution in [0.1, 0.15) is 23.0 Å². The van der Waals surface area contributed by atoms with E-state index in [0.29, 0.717) is 0 Å². The largest absolute Gasteiger partial charge is 0.462 e. The van der Waals surface area contributed by atoms with Crippen LogP contribution in [0.3, 0.4) is 0 Å². The zero-order valence-corrected chi connectivity index (χ0v) is 9.13. The Bertz CT molecular complexity index is 473. The van der Waals surface area contributed by atoms with Gasteiger partial charge in [0.15, 0.2) is 0 Å². The molecule has 1 rings (SSSR count). The van der Waals surface area contributed by atoms with Gasteiger partial charge in [-0.15, -0.1) is 0 Å². The smallest absolute Gasteiger partial charge is 0.341 e. The van der Waals surface area contributed by atoms with E-state index in [0.717, 1.165) is 6.07 Å². The van der Waals surface area contributed by atoms with Crippen LogP contribution in [0.4, 0.5) is 0 Å². The molecular formula is C8H11NO5S. The molecule has 0 aromatic carbocycles. The van der Waals surface area contributed by atoms with E-state index >= 15 is 0 Å². The minimum absolute atomic E-state index is 0.0703. The van der Waals surface area contributed by atoms with E-state index in [1.165, 1.54) is 6.92 Å². The lowest BCUT2D eigenvalue weighted by molar-refractivity contribution is 0.0524. The monoisotopic (exact) mass is 233 g/mol. The highest BCUT2D eigenvalue weighted by molar-refractivity contribution is 7.89. The zero-order valence-electron chi connectivity index (χ0n) is 8.31. The summed E-state index contributed by atoms with van der Waals surface area (Å²) >= 11 is 0. The van der Waals surface area contributed by atoms with Crippen LogP contribution in [0, 0.1) is 6.92 Å². The maximum Gasteiger partial charge on any atom is 0.341 e. The lowest BCUT2D eigenvalue weighted by atomic mass is 10.3. The molecular weight excluding hydrogens is 222 g/mol. The van der Waals surface area contributed by atoms with E-state index in [-0.39, 0.29) is 17.9 Å². The lowest BCUT2D eigenvalue weighted by Gasteiger charge is -1.97. The highest BCUT2D eigenvalue weighted by atomic mass is 32.2. The number of carbonyl (C=O) groups is 1. The molecule has 0 atom stereocenters. The third kappa shape index (κ3) is 2.57. The fraction of sp³-hybridized carbons (Fsp3) is 0.375. The summed E-state index contributed by atoms with van der Waals surface area (Å²) in [5.74, 6) is -0.467. The summed E-state index contributed by atoms with van der Waals surface area (Å²) in [6.45, 7) is 3.31. The maximum absolute atomic E-state index is 11.3. The summed E-state index contributed by atoms with van der Waals surface area (Å²) < 4.78 is 31.4. The minimum atomic E-state index is -3.93. The summed E-state index contributed by atoms with van der Waals surface area (Å²) in [7, 11) is -3.93. The Morgan fingerprint density at radius 2 is 2.20 bits per heavy atom. The summed E-state index contributed by atoms with van der Waals surface area (Å²) in [6.07, 6.45) is 0. The normalized spacial score (nSPS) is 11.4. The number of carbonyl (C=O) groups excluding carboxylic acids is 1. The van der Waals surface area contributed by atoms with Crippen molar-refractivity contribution in [1.29, 1.82) is 0 Å². The second-order valence-electron chi connectivity index (χ2n) is 2.80. The zero-order chi connectivity index (χ0) is 11.6. The Morgan fingerprint density at radius 1 is 1.60 bits per heavy atom. The van der Waals surface area contributed by atoms with Crippen LogP contribution >= 0.6 is 0 Å². The Kier molecular flexibility index (Phi) is 3.15. The topological polar surface area (TPSA) is 99.6 Å². The number of primary sulfonamides is 1. The Hall–Kier alpha value is -1.34. The number of aryl methyl sites for hydroxylation is 1. The molecule has 0 bridgehead atoms. The highest BCUT2D eigenvalue weighted by Gasteiger charge is 2.21. The van der Waals surface area contributed by atoms with Crippen molar-refractivity contribution in [3.05, 3.63) is 17.4 Å². The van der Waals surface area contributed by atoms with Crippen molar-refractivity contribution in [2.45, 2.75) is 18.9 Å². The number of nitrogens with two attached hydrogens (primary N) is 1. The van der Waals surface area contributed by atoms with Crippen LogP contribution in [-0.2, 0) is 14.8 Å². The molecule has 0 spiro atoms. The van der Waals surface area contributed by atoms with Crippen LogP contribution in [0.15, 0.2) is 15.6 Å². The van der Waals surface area contributed by atoms with Gasteiger partial charge >= 0.3 is 5.97 Å². The van der Waals surface area contributed by atoms with Crippen molar-refractivity contribution in [2.75, 3.05) is 6.61 Å². The number of hydrogen-bond acceptors (Lipinski definition) is 5. The number of hydrogen-bond donors (Lipinski definition) is 1. The molecule has 0 aliphatic carbocycles. The third-order valence-corrected chi connectivity index (χ3v) is 2.43. The number of furan rings is 1. The van der Waals surface area contributed by atoms with Gasteiger partial charge in [-0.1, -0.05) is 0 Å². The minimum Gasteiger partial charge on any atom is -0.462 e. The summed E-state index contributed by atoms with van der Waals surface area (Å²) in [6, 6.07) is 1.06. The van der Waals surface area contributed by atoms with Crippen molar-refractivity contribution in [3.63, 3.8) is 0 Å². The Morgan fingerprint density at radius 3 is 2.60 bits per heavy atom. The molecule has 1 aromatic heterocycles. The molecule has 0 unspecified atom stereocenters. The molecule has 15 heavy (non-hydrogen) atoms. The van der Waals surface area contributed by atoms with Gasteiger partial charge in [-0.05, 0) is 13.8 Å². The number of sulfonamides is 1. The molecule has 1 aromatic rings. The van der Waals surface area contributed by atoms with Crippen molar-refractivity contribution in [2.24, 2.45) is 5.14 Å².